The van der Waals surface area contributed by atoms with Gasteiger partial charge in [-0.2, -0.15) is 0 Å². The molecule has 3 aromatic rings. The van der Waals surface area contributed by atoms with Gasteiger partial charge in [0.2, 0.25) is 10.0 Å². The average molecular weight is 309 g/mol. The highest BCUT2D eigenvalue weighted by molar-refractivity contribution is 7.89. The van der Waals surface area contributed by atoms with Crippen molar-refractivity contribution >= 4 is 32.7 Å². The summed E-state index contributed by atoms with van der Waals surface area (Å²) in [7, 11) is -3.75. The molecule has 0 spiro atoms. The first-order chi connectivity index (χ1) is 9.45. The van der Waals surface area contributed by atoms with E-state index in [2.05, 4.69) is 4.98 Å². The number of fused-ring (bicyclic) bond motifs is 1. The van der Waals surface area contributed by atoms with E-state index in [-0.39, 0.29) is 4.90 Å². The van der Waals surface area contributed by atoms with Crippen molar-refractivity contribution in [3.05, 3.63) is 47.6 Å². The number of primary sulfonamides is 1. The maximum absolute atomic E-state index is 11.4. The van der Waals surface area contributed by atoms with Crippen LogP contribution in [-0.2, 0) is 10.0 Å². The van der Waals surface area contributed by atoms with Crippen molar-refractivity contribution in [3.63, 3.8) is 0 Å². The fourth-order valence-electron chi connectivity index (χ4n) is 1.88. The van der Waals surface area contributed by atoms with E-state index in [1.807, 2.05) is 0 Å². The average Bonchev–Trinajstić information content (AvgIpc) is 2.83. The minimum Gasteiger partial charge on any atom is -0.453 e. The molecule has 0 saturated carbocycles. The Morgan fingerprint density at radius 3 is 2.70 bits per heavy atom. The van der Waals surface area contributed by atoms with E-state index in [0.29, 0.717) is 27.4 Å². The summed E-state index contributed by atoms with van der Waals surface area (Å²) in [6.45, 7) is 0. The fraction of sp³-hybridized carbons (Fsp3) is 0. The molecule has 0 amide bonds. The lowest BCUT2D eigenvalue weighted by Gasteiger charge is -2.00. The van der Waals surface area contributed by atoms with Gasteiger partial charge in [0.05, 0.1) is 9.92 Å². The molecule has 0 atom stereocenters. The second kappa shape index (κ2) is 4.59. The van der Waals surface area contributed by atoms with Gasteiger partial charge in [0.15, 0.2) is 5.58 Å². The fourth-order valence-corrected chi connectivity index (χ4v) is 2.63. The minimum absolute atomic E-state index is 0.0227. The molecule has 3 rings (SSSR count). The lowest BCUT2D eigenvalue weighted by molar-refractivity contribution is 0.597. The van der Waals surface area contributed by atoms with Crippen LogP contribution in [0.25, 0.3) is 22.4 Å². The van der Waals surface area contributed by atoms with Crippen molar-refractivity contribution in [1.29, 1.82) is 0 Å². The number of benzene rings is 1. The molecule has 0 aliphatic carbocycles. The Bertz CT molecular complexity index is 903. The van der Waals surface area contributed by atoms with Gasteiger partial charge in [-0.3, -0.25) is 4.98 Å². The summed E-state index contributed by atoms with van der Waals surface area (Å²) < 4.78 is 28.3. The SMILES string of the molecule is NS(=O)(=O)c1cccc(-c2cc3nccc(Cl)c3o2)c1. The molecule has 0 aliphatic rings. The van der Waals surface area contributed by atoms with Crippen LogP contribution in [0.4, 0.5) is 0 Å². The Balaban J connectivity index is 2.19. The molecule has 1 aromatic carbocycles. The summed E-state index contributed by atoms with van der Waals surface area (Å²) in [5, 5.41) is 5.56. The van der Waals surface area contributed by atoms with Crippen molar-refractivity contribution in [2.75, 3.05) is 0 Å². The quantitative estimate of drug-likeness (QED) is 0.788. The smallest absolute Gasteiger partial charge is 0.238 e. The summed E-state index contributed by atoms with van der Waals surface area (Å²) >= 11 is 6.01. The van der Waals surface area contributed by atoms with Gasteiger partial charge >= 0.3 is 0 Å². The lowest BCUT2D eigenvalue weighted by Crippen LogP contribution is -2.11. The largest absolute Gasteiger partial charge is 0.453 e. The Kier molecular flexibility index (Phi) is 3.01. The van der Waals surface area contributed by atoms with Crippen LogP contribution in [-0.4, -0.2) is 13.4 Å². The van der Waals surface area contributed by atoms with E-state index in [4.69, 9.17) is 21.2 Å². The Hall–Kier alpha value is -1.89. The van der Waals surface area contributed by atoms with Gasteiger partial charge < -0.3 is 4.42 Å². The molecule has 0 radical (unpaired) electrons. The molecule has 20 heavy (non-hydrogen) atoms. The van der Waals surface area contributed by atoms with Crippen LogP contribution in [0, 0.1) is 0 Å². The highest BCUT2D eigenvalue weighted by atomic mass is 35.5. The molecule has 102 valence electrons. The first-order valence-corrected chi connectivity index (χ1v) is 7.55. The van der Waals surface area contributed by atoms with E-state index in [1.165, 1.54) is 12.1 Å². The maximum Gasteiger partial charge on any atom is 0.238 e. The zero-order valence-electron chi connectivity index (χ0n) is 10.1. The number of pyridine rings is 1. The van der Waals surface area contributed by atoms with E-state index in [1.54, 1.807) is 30.5 Å². The van der Waals surface area contributed by atoms with Crippen molar-refractivity contribution < 1.29 is 12.8 Å². The number of nitrogens with zero attached hydrogens (tertiary/aromatic N) is 1. The van der Waals surface area contributed by atoms with Crippen molar-refractivity contribution in [1.82, 2.24) is 4.98 Å². The van der Waals surface area contributed by atoms with Crippen LogP contribution >= 0.6 is 11.6 Å². The third-order valence-corrected chi connectivity index (χ3v) is 4.02. The Morgan fingerprint density at radius 1 is 1.20 bits per heavy atom. The number of rotatable bonds is 2. The topological polar surface area (TPSA) is 86.2 Å². The number of sulfonamides is 1. The zero-order valence-corrected chi connectivity index (χ0v) is 11.6. The van der Waals surface area contributed by atoms with Gasteiger partial charge in [-0.15, -0.1) is 0 Å². The van der Waals surface area contributed by atoms with Gasteiger partial charge in [-0.1, -0.05) is 23.7 Å². The summed E-state index contributed by atoms with van der Waals surface area (Å²) in [6, 6.07) is 9.51. The van der Waals surface area contributed by atoms with Crippen LogP contribution in [0.1, 0.15) is 0 Å². The molecule has 0 unspecified atom stereocenters. The van der Waals surface area contributed by atoms with Gasteiger partial charge in [0, 0.05) is 17.8 Å². The molecule has 0 fully saturated rings. The standard InChI is InChI=1S/C13H9ClN2O3S/c14-10-4-5-16-11-7-12(19-13(10)11)8-2-1-3-9(6-8)20(15,17)18/h1-7H,(H2,15,17,18). The normalized spacial score (nSPS) is 11.9. The van der Waals surface area contributed by atoms with Crippen LogP contribution in [0.2, 0.25) is 5.02 Å². The van der Waals surface area contributed by atoms with Crippen molar-refractivity contribution in [3.8, 4) is 11.3 Å². The van der Waals surface area contributed by atoms with Gasteiger partial charge in [-0.25, -0.2) is 13.6 Å². The van der Waals surface area contributed by atoms with E-state index in [0.717, 1.165) is 0 Å². The summed E-state index contributed by atoms with van der Waals surface area (Å²) in [6.07, 6.45) is 1.57. The van der Waals surface area contributed by atoms with Gasteiger partial charge in [-0.05, 0) is 18.2 Å². The third kappa shape index (κ3) is 2.29. The second-order valence-electron chi connectivity index (χ2n) is 4.19. The predicted octanol–water partition coefficient (Wildman–Crippen LogP) is 2.80. The lowest BCUT2D eigenvalue weighted by atomic mass is 10.2. The molecule has 2 heterocycles. The Morgan fingerprint density at radius 2 is 2.00 bits per heavy atom. The van der Waals surface area contributed by atoms with Crippen LogP contribution < -0.4 is 5.14 Å². The van der Waals surface area contributed by atoms with Gasteiger partial charge in [0.25, 0.3) is 0 Å². The first kappa shape index (κ1) is 13.1. The van der Waals surface area contributed by atoms with Crippen LogP contribution in [0.3, 0.4) is 0 Å². The number of nitrogens with two attached hydrogens (primary N) is 1. The van der Waals surface area contributed by atoms with Crippen molar-refractivity contribution in [2.24, 2.45) is 5.14 Å². The Labute approximate surface area is 120 Å². The monoisotopic (exact) mass is 308 g/mol. The molecular weight excluding hydrogens is 300 g/mol. The first-order valence-electron chi connectivity index (χ1n) is 5.62. The highest BCUT2D eigenvalue weighted by Gasteiger charge is 2.13. The molecule has 2 N–H and O–H groups in total. The molecule has 2 aromatic heterocycles. The summed E-state index contributed by atoms with van der Waals surface area (Å²) in [4.78, 5) is 4.16. The van der Waals surface area contributed by atoms with Crippen LogP contribution in [0.5, 0.6) is 0 Å². The maximum atomic E-state index is 11.4. The molecule has 0 saturated heterocycles. The zero-order chi connectivity index (χ0) is 14.3. The summed E-state index contributed by atoms with van der Waals surface area (Å²) in [5.74, 6) is 0.478. The summed E-state index contributed by atoms with van der Waals surface area (Å²) in [5.41, 5.74) is 1.66. The molecule has 5 nitrogen and oxygen atoms in total. The van der Waals surface area contributed by atoms with Crippen molar-refractivity contribution in [2.45, 2.75) is 4.90 Å². The third-order valence-electron chi connectivity index (χ3n) is 2.81. The second-order valence-corrected chi connectivity index (χ2v) is 6.16. The molecule has 0 aliphatic heterocycles. The van der Waals surface area contributed by atoms with Gasteiger partial charge in [0.1, 0.15) is 11.3 Å². The van der Waals surface area contributed by atoms with E-state index >= 15 is 0 Å². The van der Waals surface area contributed by atoms with E-state index < -0.39 is 10.0 Å². The van der Waals surface area contributed by atoms with E-state index in [9.17, 15) is 8.42 Å². The number of furan rings is 1. The number of halogens is 1. The molecule has 0 bridgehead atoms. The molecule has 7 heteroatoms. The predicted molar refractivity (Wildman–Crippen MR) is 75.8 cm³/mol. The minimum atomic E-state index is -3.75. The number of aromatic nitrogens is 1. The molecular formula is C13H9ClN2O3S. The number of hydrogen-bond donors (Lipinski definition) is 1. The number of hydrogen-bond acceptors (Lipinski definition) is 4. The van der Waals surface area contributed by atoms with Crippen LogP contribution in [0.15, 0.2) is 51.9 Å². The highest BCUT2D eigenvalue weighted by Crippen LogP contribution is 2.31.